The van der Waals surface area contributed by atoms with Crippen LogP contribution in [0.1, 0.15) is 43.2 Å². The average molecular weight is 434 g/mol. The molecule has 2 atom stereocenters. The molecule has 166 valence electrons. The molecule has 1 saturated carbocycles. The summed E-state index contributed by atoms with van der Waals surface area (Å²) in [7, 11) is 3.25. The van der Waals surface area contributed by atoms with Crippen molar-refractivity contribution < 1.29 is 14.3 Å². The summed E-state index contributed by atoms with van der Waals surface area (Å²) in [5.41, 5.74) is 1.72. The van der Waals surface area contributed by atoms with Gasteiger partial charge in [-0.15, -0.1) is 10.2 Å². The molecule has 5 rings (SSSR count). The summed E-state index contributed by atoms with van der Waals surface area (Å²) in [6.45, 7) is 0.465. The van der Waals surface area contributed by atoms with Gasteiger partial charge in [0.1, 0.15) is 0 Å². The second kappa shape index (κ2) is 8.61. The van der Waals surface area contributed by atoms with Crippen LogP contribution in [-0.4, -0.2) is 50.8 Å². The summed E-state index contributed by atoms with van der Waals surface area (Å²) < 4.78 is 13.1. The number of ether oxygens (including phenoxy) is 2. The highest BCUT2D eigenvalue weighted by atomic mass is 16.5. The molecule has 1 aliphatic heterocycles. The maximum Gasteiger partial charge on any atom is 0.229 e. The van der Waals surface area contributed by atoms with Crippen molar-refractivity contribution in [2.75, 3.05) is 14.2 Å². The summed E-state index contributed by atoms with van der Waals surface area (Å²) in [5, 5.41) is 9.03. The van der Waals surface area contributed by atoms with Gasteiger partial charge in [-0.05, 0) is 43.2 Å². The third-order valence-electron chi connectivity index (χ3n) is 6.52. The SMILES string of the molecule is COc1ccc(-c2nnc3n2[C@@H]2CCCC[C@H]2N(C(=O)Cc2ccccn2)C3)cc1OC. The van der Waals surface area contributed by atoms with Crippen LogP contribution in [0.25, 0.3) is 11.4 Å². The van der Waals surface area contributed by atoms with Crippen molar-refractivity contribution >= 4 is 5.91 Å². The first-order valence-electron chi connectivity index (χ1n) is 11.0. The van der Waals surface area contributed by atoms with Crippen LogP contribution in [0.2, 0.25) is 0 Å². The van der Waals surface area contributed by atoms with E-state index in [-0.39, 0.29) is 18.0 Å². The van der Waals surface area contributed by atoms with E-state index < -0.39 is 0 Å². The Balaban J connectivity index is 1.49. The van der Waals surface area contributed by atoms with E-state index >= 15 is 0 Å². The second-order valence-corrected chi connectivity index (χ2v) is 8.32. The first-order valence-corrected chi connectivity index (χ1v) is 11.0. The summed E-state index contributed by atoms with van der Waals surface area (Å²) in [6, 6.07) is 11.8. The fourth-order valence-electron chi connectivity index (χ4n) is 5.01. The molecule has 0 radical (unpaired) electrons. The number of hydrogen-bond donors (Lipinski definition) is 0. The van der Waals surface area contributed by atoms with Gasteiger partial charge in [0, 0.05) is 17.5 Å². The number of benzene rings is 1. The van der Waals surface area contributed by atoms with Crippen molar-refractivity contribution in [3.8, 4) is 22.9 Å². The molecule has 0 saturated heterocycles. The normalized spacial score (nSPS) is 19.8. The molecule has 8 heteroatoms. The Morgan fingerprint density at radius 2 is 1.84 bits per heavy atom. The third kappa shape index (κ3) is 3.59. The summed E-state index contributed by atoms with van der Waals surface area (Å²) >= 11 is 0. The van der Waals surface area contributed by atoms with Gasteiger partial charge in [-0.2, -0.15) is 0 Å². The molecule has 0 bridgehead atoms. The molecule has 1 aliphatic carbocycles. The number of pyridine rings is 1. The number of rotatable bonds is 5. The largest absolute Gasteiger partial charge is 0.493 e. The number of carbonyl (C=O) groups is 1. The lowest BCUT2D eigenvalue weighted by Gasteiger charge is -2.44. The first-order chi connectivity index (χ1) is 15.7. The molecule has 1 aromatic carbocycles. The van der Waals surface area contributed by atoms with Gasteiger partial charge in [0.25, 0.3) is 0 Å². The van der Waals surface area contributed by atoms with E-state index in [9.17, 15) is 4.79 Å². The summed E-state index contributed by atoms with van der Waals surface area (Å²) in [6.07, 6.45) is 6.28. The fraction of sp³-hybridized carbons (Fsp3) is 0.417. The minimum atomic E-state index is 0.0996. The fourth-order valence-corrected chi connectivity index (χ4v) is 5.01. The molecule has 3 heterocycles. The molecular formula is C24H27N5O3. The Kier molecular flexibility index (Phi) is 5.51. The van der Waals surface area contributed by atoms with Crippen LogP contribution in [-0.2, 0) is 17.8 Å². The zero-order chi connectivity index (χ0) is 22.1. The molecule has 2 aliphatic rings. The molecule has 3 aromatic rings. The molecule has 0 N–H and O–H groups in total. The minimum Gasteiger partial charge on any atom is -0.493 e. The molecule has 2 aromatic heterocycles. The van der Waals surface area contributed by atoms with E-state index in [2.05, 4.69) is 19.7 Å². The first kappa shape index (κ1) is 20.5. The van der Waals surface area contributed by atoms with Gasteiger partial charge in [0.15, 0.2) is 23.1 Å². The lowest BCUT2D eigenvalue weighted by molar-refractivity contribution is -0.137. The Morgan fingerprint density at radius 3 is 2.59 bits per heavy atom. The summed E-state index contributed by atoms with van der Waals surface area (Å²) in [5.74, 6) is 3.08. The van der Waals surface area contributed by atoms with Crippen LogP contribution in [0.3, 0.4) is 0 Å². The zero-order valence-electron chi connectivity index (χ0n) is 18.4. The van der Waals surface area contributed by atoms with Crippen LogP contribution < -0.4 is 9.47 Å². The molecule has 8 nitrogen and oxygen atoms in total. The van der Waals surface area contributed by atoms with E-state index in [1.165, 1.54) is 0 Å². The quantitative estimate of drug-likeness (QED) is 0.613. The average Bonchev–Trinajstić information content (AvgIpc) is 3.28. The molecular weight excluding hydrogens is 406 g/mol. The number of aromatic nitrogens is 4. The third-order valence-corrected chi connectivity index (χ3v) is 6.52. The highest BCUT2D eigenvalue weighted by Crippen LogP contribution is 2.41. The van der Waals surface area contributed by atoms with Crippen molar-refractivity contribution in [1.29, 1.82) is 0 Å². The van der Waals surface area contributed by atoms with Crippen LogP contribution in [0.4, 0.5) is 0 Å². The predicted molar refractivity (Wildman–Crippen MR) is 118 cm³/mol. The zero-order valence-corrected chi connectivity index (χ0v) is 18.4. The highest BCUT2D eigenvalue weighted by Gasteiger charge is 2.41. The van der Waals surface area contributed by atoms with Gasteiger partial charge >= 0.3 is 0 Å². The van der Waals surface area contributed by atoms with Gasteiger partial charge < -0.3 is 18.9 Å². The molecule has 0 unspecified atom stereocenters. The lowest BCUT2D eigenvalue weighted by atomic mass is 9.86. The Morgan fingerprint density at radius 1 is 1.03 bits per heavy atom. The number of nitrogens with zero attached hydrogens (tertiary/aromatic N) is 5. The monoisotopic (exact) mass is 433 g/mol. The molecule has 1 fully saturated rings. The van der Waals surface area contributed by atoms with Crippen LogP contribution in [0, 0.1) is 0 Å². The van der Waals surface area contributed by atoms with Crippen LogP contribution in [0.15, 0.2) is 42.6 Å². The smallest absolute Gasteiger partial charge is 0.229 e. The van der Waals surface area contributed by atoms with Crippen LogP contribution >= 0.6 is 0 Å². The van der Waals surface area contributed by atoms with Gasteiger partial charge in [0.2, 0.25) is 5.91 Å². The summed E-state index contributed by atoms with van der Waals surface area (Å²) in [4.78, 5) is 19.6. The number of carbonyl (C=O) groups excluding carboxylic acids is 1. The maximum absolute atomic E-state index is 13.3. The van der Waals surface area contributed by atoms with Gasteiger partial charge in [-0.3, -0.25) is 9.78 Å². The van der Waals surface area contributed by atoms with Gasteiger partial charge in [0.05, 0.1) is 39.3 Å². The van der Waals surface area contributed by atoms with Crippen molar-refractivity contribution in [2.45, 2.75) is 50.7 Å². The van der Waals surface area contributed by atoms with E-state index in [0.717, 1.165) is 48.6 Å². The van der Waals surface area contributed by atoms with Crippen molar-refractivity contribution in [1.82, 2.24) is 24.6 Å². The molecule has 1 amide bonds. The van der Waals surface area contributed by atoms with E-state index in [4.69, 9.17) is 9.47 Å². The highest BCUT2D eigenvalue weighted by molar-refractivity contribution is 5.79. The Hall–Kier alpha value is -3.42. The van der Waals surface area contributed by atoms with Gasteiger partial charge in [-0.25, -0.2) is 0 Å². The predicted octanol–water partition coefficient (Wildman–Crippen LogP) is 3.43. The maximum atomic E-state index is 13.3. The van der Waals surface area contributed by atoms with Crippen molar-refractivity contribution in [3.05, 3.63) is 54.1 Å². The Bertz CT molecular complexity index is 1110. The number of methoxy groups -OCH3 is 2. The van der Waals surface area contributed by atoms with E-state index in [1.807, 2.05) is 41.3 Å². The molecule has 32 heavy (non-hydrogen) atoms. The topological polar surface area (TPSA) is 82.4 Å². The number of fused-ring (bicyclic) bond motifs is 3. The lowest BCUT2D eigenvalue weighted by Crippen LogP contribution is -2.51. The van der Waals surface area contributed by atoms with Gasteiger partial charge in [-0.1, -0.05) is 18.9 Å². The van der Waals surface area contributed by atoms with E-state index in [0.29, 0.717) is 24.5 Å². The van der Waals surface area contributed by atoms with Crippen molar-refractivity contribution in [2.24, 2.45) is 0 Å². The number of amides is 1. The van der Waals surface area contributed by atoms with Crippen molar-refractivity contribution in [3.63, 3.8) is 0 Å². The Labute approximate surface area is 187 Å². The standard InChI is InChI=1S/C24H27N5O3/c1-31-20-11-10-16(13-21(20)32-2)24-27-26-22-15-28(18-8-3-4-9-19(18)29(22)24)23(30)14-17-7-5-6-12-25-17/h5-7,10-13,18-19H,3-4,8-9,14-15H2,1-2H3/t18-,19-/m1/s1. The second-order valence-electron chi connectivity index (χ2n) is 8.32. The number of hydrogen-bond acceptors (Lipinski definition) is 6. The van der Waals surface area contributed by atoms with E-state index in [1.54, 1.807) is 20.4 Å². The minimum absolute atomic E-state index is 0.0996. The van der Waals surface area contributed by atoms with Crippen LogP contribution in [0.5, 0.6) is 11.5 Å². The molecule has 0 spiro atoms.